The maximum absolute atomic E-state index is 14.6. The molecule has 0 spiro atoms. The second kappa shape index (κ2) is 6.98. The summed E-state index contributed by atoms with van der Waals surface area (Å²) in [6.07, 6.45) is 0. The number of hydrogen-bond acceptors (Lipinski definition) is 4. The van der Waals surface area contributed by atoms with Crippen molar-refractivity contribution in [3.8, 4) is 5.75 Å². The quantitative estimate of drug-likeness (QED) is 0.646. The summed E-state index contributed by atoms with van der Waals surface area (Å²) in [6.45, 7) is 2.66. The first kappa shape index (κ1) is 17.6. The second-order valence-corrected chi connectivity index (χ2v) is 6.65. The van der Waals surface area contributed by atoms with Gasteiger partial charge in [-0.2, -0.15) is 8.78 Å². The summed E-state index contributed by atoms with van der Waals surface area (Å²) in [5, 5.41) is 0. The predicted octanol–water partition coefficient (Wildman–Crippen LogP) is 4.77. The molecule has 20 heavy (non-hydrogen) atoms. The van der Waals surface area contributed by atoms with Crippen LogP contribution in [0.3, 0.4) is 0 Å². The molecule has 0 saturated carbocycles. The van der Waals surface area contributed by atoms with Gasteiger partial charge in [0.25, 0.3) is 0 Å². The fourth-order valence-electron chi connectivity index (χ4n) is 1.55. The molecule has 0 unspecified atom stereocenters. The standard InChI is InChI=1S/C12H16BrF2O4P/c1-4-18-20(16,19-5-2)12(14,15)10-8-9(17-3)6-7-11(10)13/h6-8H,4-5H2,1-3H3. The Morgan fingerprint density at radius 2 is 1.80 bits per heavy atom. The molecule has 0 aliphatic heterocycles. The summed E-state index contributed by atoms with van der Waals surface area (Å²) in [6, 6.07) is 4.01. The highest BCUT2D eigenvalue weighted by atomic mass is 79.9. The minimum Gasteiger partial charge on any atom is -0.497 e. The molecule has 0 bridgehead atoms. The SMILES string of the molecule is CCOP(=O)(OCC)C(F)(F)c1cc(OC)ccc1Br. The molecule has 1 rings (SSSR count). The van der Waals surface area contributed by atoms with Gasteiger partial charge < -0.3 is 13.8 Å². The molecule has 0 aliphatic rings. The molecular formula is C12H16BrF2O4P. The molecule has 0 fully saturated rings. The van der Waals surface area contributed by atoms with Gasteiger partial charge in [-0.25, -0.2) is 0 Å². The van der Waals surface area contributed by atoms with Gasteiger partial charge in [-0.15, -0.1) is 0 Å². The van der Waals surface area contributed by atoms with Crippen LogP contribution < -0.4 is 4.74 Å². The molecule has 1 aromatic rings. The molecule has 0 heterocycles. The van der Waals surface area contributed by atoms with Gasteiger partial charge >= 0.3 is 13.3 Å². The zero-order valence-electron chi connectivity index (χ0n) is 11.4. The Morgan fingerprint density at radius 1 is 1.25 bits per heavy atom. The third-order valence-corrected chi connectivity index (χ3v) is 5.26. The summed E-state index contributed by atoms with van der Waals surface area (Å²) in [7, 11) is -3.26. The number of hydrogen-bond donors (Lipinski definition) is 0. The van der Waals surface area contributed by atoms with Crippen LogP contribution in [0.1, 0.15) is 19.4 Å². The number of halogens is 3. The zero-order chi connectivity index (χ0) is 15.4. The number of methoxy groups -OCH3 is 1. The lowest BCUT2D eigenvalue weighted by molar-refractivity contribution is 0.0353. The van der Waals surface area contributed by atoms with E-state index in [4.69, 9.17) is 13.8 Å². The smallest absolute Gasteiger partial charge is 0.404 e. The van der Waals surface area contributed by atoms with Crippen molar-refractivity contribution in [2.24, 2.45) is 0 Å². The minimum absolute atomic E-state index is 0.0999. The van der Waals surface area contributed by atoms with Crippen molar-refractivity contribution in [2.75, 3.05) is 20.3 Å². The molecule has 114 valence electrons. The van der Waals surface area contributed by atoms with E-state index in [2.05, 4.69) is 15.9 Å². The van der Waals surface area contributed by atoms with E-state index in [-0.39, 0.29) is 23.4 Å². The zero-order valence-corrected chi connectivity index (χ0v) is 13.8. The average Bonchev–Trinajstić information content (AvgIpc) is 2.39. The molecule has 4 nitrogen and oxygen atoms in total. The van der Waals surface area contributed by atoms with Crippen LogP contribution in [0.5, 0.6) is 5.75 Å². The maximum atomic E-state index is 14.6. The number of alkyl halides is 2. The van der Waals surface area contributed by atoms with E-state index in [9.17, 15) is 13.3 Å². The topological polar surface area (TPSA) is 44.8 Å². The lowest BCUT2D eigenvalue weighted by atomic mass is 10.2. The molecule has 0 N–H and O–H groups in total. The van der Waals surface area contributed by atoms with Gasteiger partial charge in [0.15, 0.2) is 0 Å². The Kier molecular flexibility index (Phi) is 6.13. The van der Waals surface area contributed by atoms with Gasteiger partial charge in [0.1, 0.15) is 5.75 Å². The molecular weight excluding hydrogens is 357 g/mol. The van der Waals surface area contributed by atoms with E-state index in [1.165, 1.54) is 33.1 Å². The van der Waals surface area contributed by atoms with Crippen molar-refractivity contribution in [3.63, 3.8) is 0 Å². The van der Waals surface area contributed by atoms with Crippen LogP contribution >= 0.6 is 23.5 Å². The number of ether oxygens (including phenoxy) is 1. The number of rotatable bonds is 7. The second-order valence-electron chi connectivity index (χ2n) is 3.72. The monoisotopic (exact) mass is 372 g/mol. The highest BCUT2D eigenvalue weighted by Crippen LogP contribution is 2.67. The van der Waals surface area contributed by atoms with Crippen molar-refractivity contribution in [1.29, 1.82) is 0 Å². The summed E-state index contributed by atoms with van der Waals surface area (Å²) >= 11 is 3.02. The Balaban J connectivity index is 3.35. The average molecular weight is 373 g/mol. The fraction of sp³-hybridized carbons (Fsp3) is 0.500. The third kappa shape index (κ3) is 3.39. The van der Waals surface area contributed by atoms with Gasteiger partial charge in [-0.3, -0.25) is 4.57 Å². The molecule has 8 heteroatoms. The van der Waals surface area contributed by atoms with Crippen LogP contribution in [0.15, 0.2) is 22.7 Å². The van der Waals surface area contributed by atoms with Crippen molar-refractivity contribution in [3.05, 3.63) is 28.2 Å². The minimum atomic E-state index is -4.62. The molecule has 1 aromatic carbocycles. The third-order valence-electron chi connectivity index (χ3n) is 2.44. The predicted molar refractivity (Wildman–Crippen MR) is 75.4 cm³/mol. The Labute approximate surface area is 125 Å². The number of benzene rings is 1. The Bertz CT molecular complexity index is 500. The van der Waals surface area contributed by atoms with Crippen LogP contribution in [0.4, 0.5) is 8.78 Å². The summed E-state index contributed by atoms with van der Waals surface area (Å²) < 4.78 is 55.9. The van der Waals surface area contributed by atoms with Crippen LogP contribution in [-0.2, 0) is 19.3 Å². The normalized spacial score (nSPS) is 12.5. The van der Waals surface area contributed by atoms with E-state index in [1.807, 2.05) is 0 Å². The molecule has 0 saturated heterocycles. The van der Waals surface area contributed by atoms with E-state index in [1.54, 1.807) is 0 Å². The van der Waals surface area contributed by atoms with Crippen LogP contribution in [0.25, 0.3) is 0 Å². The first-order chi connectivity index (χ1) is 9.32. The van der Waals surface area contributed by atoms with Gasteiger partial charge in [0.2, 0.25) is 0 Å². The molecule has 0 atom stereocenters. The van der Waals surface area contributed by atoms with Crippen molar-refractivity contribution in [2.45, 2.75) is 19.5 Å². The van der Waals surface area contributed by atoms with Crippen LogP contribution in [0.2, 0.25) is 0 Å². The molecule has 0 aromatic heterocycles. The van der Waals surface area contributed by atoms with Crippen molar-refractivity contribution in [1.82, 2.24) is 0 Å². The molecule has 0 radical (unpaired) electrons. The fourth-order valence-corrected chi connectivity index (χ4v) is 3.76. The van der Waals surface area contributed by atoms with E-state index < -0.39 is 18.8 Å². The van der Waals surface area contributed by atoms with Crippen molar-refractivity contribution >= 4 is 23.5 Å². The largest absolute Gasteiger partial charge is 0.497 e. The van der Waals surface area contributed by atoms with Crippen molar-refractivity contribution < 1.29 is 27.1 Å². The summed E-state index contributed by atoms with van der Waals surface area (Å²) in [4.78, 5) is 0. The van der Waals surface area contributed by atoms with E-state index in [0.29, 0.717) is 0 Å². The Morgan fingerprint density at radius 3 is 2.25 bits per heavy atom. The first-order valence-electron chi connectivity index (χ1n) is 5.93. The molecule has 0 aliphatic carbocycles. The highest BCUT2D eigenvalue weighted by molar-refractivity contribution is 9.10. The lowest BCUT2D eigenvalue weighted by Crippen LogP contribution is -2.19. The lowest BCUT2D eigenvalue weighted by Gasteiger charge is -2.26. The van der Waals surface area contributed by atoms with Gasteiger partial charge in [-0.1, -0.05) is 15.9 Å². The summed E-state index contributed by atoms with van der Waals surface area (Å²) in [5.74, 6) is 0.224. The molecule has 0 amide bonds. The van der Waals surface area contributed by atoms with Gasteiger partial charge in [0.05, 0.1) is 25.9 Å². The van der Waals surface area contributed by atoms with Crippen LogP contribution in [-0.4, -0.2) is 20.3 Å². The summed E-state index contributed by atoms with van der Waals surface area (Å²) in [5.41, 5.74) is -4.28. The maximum Gasteiger partial charge on any atom is 0.404 e. The van der Waals surface area contributed by atoms with E-state index >= 15 is 0 Å². The van der Waals surface area contributed by atoms with Gasteiger partial charge in [-0.05, 0) is 32.0 Å². The van der Waals surface area contributed by atoms with Gasteiger partial charge in [0, 0.05) is 4.47 Å². The highest BCUT2D eigenvalue weighted by Gasteiger charge is 2.55. The first-order valence-corrected chi connectivity index (χ1v) is 8.27. The Hall–Kier alpha value is -0.490. The van der Waals surface area contributed by atoms with E-state index in [0.717, 1.165) is 6.07 Å². The van der Waals surface area contributed by atoms with Crippen LogP contribution in [0, 0.1) is 0 Å².